The molecular weight excluding hydrogens is 168 g/mol. The first-order valence-electron chi connectivity index (χ1n) is 6.14. The largest absolute Gasteiger partial charge is 0.0727 e. The van der Waals surface area contributed by atoms with Gasteiger partial charge in [0.25, 0.3) is 0 Å². The number of hydrogen-bond acceptors (Lipinski definition) is 0. The second-order valence-electron chi connectivity index (χ2n) is 4.47. The Morgan fingerprint density at radius 3 is 2.57 bits per heavy atom. The van der Waals surface area contributed by atoms with Gasteiger partial charge in [0.15, 0.2) is 0 Å². The molecular formula is C14H24. The highest BCUT2D eigenvalue weighted by Gasteiger charge is 2.18. The van der Waals surface area contributed by atoms with E-state index in [1.807, 2.05) is 13.8 Å². The van der Waals surface area contributed by atoms with Crippen LogP contribution in [0.4, 0.5) is 0 Å². The minimum atomic E-state index is 0.940. The molecule has 80 valence electrons. The third kappa shape index (κ3) is 2.73. The van der Waals surface area contributed by atoms with Crippen molar-refractivity contribution in [3.8, 4) is 0 Å². The molecule has 0 aromatic carbocycles. The van der Waals surface area contributed by atoms with Gasteiger partial charge in [-0.2, -0.15) is 0 Å². The Morgan fingerprint density at radius 2 is 1.86 bits per heavy atom. The van der Waals surface area contributed by atoms with Gasteiger partial charge < -0.3 is 0 Å². The summed E-state index contributed by atoms with van der Waals surface area (Å²) in [4.78, 5) is 0. The highest BCUT2D eigenvalue weighted by atomic mass is 14.2. The van der Waals surface area contributed by atoms with Gasteiger partial charge in [0.05, 0.1) is 0 Å². The van der Waals surface area contributed by atoms with Crippen molar-refractivity contribution in [2.24, 2.45) is 5.92 Å². The first kappa shape index (κ1) is 11.6. The molecule has 0 fully saturated rings. The maximum Gasteiger partial charge on any atom is -0.0277 e. The van der Waals surface area contributed by atoms with Gasteiger partial charge in [-0.25, -0.2) is 0 Å². The van der Waals surface area contributed by atoms with Crippen molar-refractivity contribution in [1.29, 1.82) is 0 Å². The Bertz CT molecular complexity index is 243. The van der Waals surface area contributed by atoms with Crippen LogP contribution in [0.15, 0.2) is 22.8 Å². The van der Waals surface area contributed by atoms with E-state index in [4.69, 9.17) is 0 Å². The normalized spacial score (nSPS) is 26.0. The summed E-state index contributed by atoms with van der Waals surface area (Å²) in [6.07, 6.45) is 9.22. The minimum absolute atomic E-state index is 0.940. The van der Waals surface area contributed by atoms with E-state index in [0.29, 0.717) is 0 Å². The quantitative estimate of drug-likeness (QED) is 0.513. The summed E-state index contributed by atoms with van der Waals surface area (Å²) in [5.41, 5.74) is 5.03. The minimum Gasteiger partial charge on any atom is -0.0727 e. The fourth-order valence-corrected chi connectivity index (χ4v) is 2.39. The molecule has 0 nitrogen and oxygen atoms in total. The van der Waals surface area contributed by atoms with Crippen LogP contribution in [-0.2, 0) is 0 Å². The molecule has 2 aliphatic carbocycles. The van der Waals surface area contributed by atoms with Crippen LogP contribution in [0.25, 0.3) is 0 Å². The topological polar surface area (TPSA) is 0 Å². The zero-order valence-electron chi connectivity index (χ0n) is 10.2. The zero-order chi connectivity index (χ0) is 10.6. The molecule has 1 unspecified atom stereocenters. The van der Waals surface area contributed by atoms with Gasteiger partial charge in [-0.1, -0.05) is 38.0 Å². The predicted octanol–water partition coefficient (Wildman–Crippen LogP) is 4.87. The molecule has 0 spiro atoms. The smallest absolute Gasteiger partial charge is 0.0277 e. The van der Waals surface area contributed by atoms with E-state index in [-0.39, 0.29) is 0 Å². The van der Waals surface area contributed by atoms with E-state index in [1.54, 1.807) is 16.7 Å². The summed E-state index contributed by atoms with van der Waals surface area (Å²) in [6, 6.07) is 0. The molecule has 0 aliphatic heterocycles. The molecule has 2 rings (SSSR count). The second-order valence-corrected chi connectivity index (χ2v) is 4.47. The van der Waals surface area contributed by atoms with Gasteiger partial charge in [-0.15, -0.1) is 0 Å². The standard InChI is InChI=1S/C12H18.C2H6/c1-9-3-5-12-8-10(2)4-6-11(12)7-9;1-2/h7,10H,3-6,8H2,1-2H3;1-2H3. The molecule has 0 heteroatoms. The molecule has 0 amide bonds. The average molecular weight is 192 g/mol. The Labute approximate surface area is 89.1 Å². The maximum atomic E-state index is 2.44. The lowest BCUT2D eigenvalue weighted by molar-refractivity contribution is 0.486. The van der Waals surface area contributed by atoms with Crippen LogP contribution in [-0.4, -0.2) is 0 Å². The van der Waals surface area contributed by atoms with Gasteiger partial charge in [-0.3, -0.25) is 0 Å². The first-order valence-corrected chi connectivity index (χ1v) is 6.14. The van der Waals surface area contributed by atoms with E-state index in [1.165, 1.54) is 32.1 Å². The molecule has 0 N–H and O–H groups in total. The third-order valence-corrected chi connectivity index (χ3v) is 3.20. The molecule has 0 saturated carbocycles. The number of rotatable bonds is 0. The van der Waals surface area contributed by atoms with Crippen LogP contribution in [0.3, 0.4) is 0 Å². The lowest BCUT2D eigenvalue weighted by atomic mass is 9.79. The third-order valence-electron chi connectivity index (χ3n) is 3.20. The SMILES string of the molecule is CC.CC1=CC2=C(CC1)CC(C)CC2. The fourth-order valence-electron chi connectivity index (χ4n) is 2.39. The van der Waals surface area contributed by atoms with Crippen LogP contribution < -0.4 is 0 Å². The lowest BCUT2D eigenvalue weighted by Crippen LogP contribution is -2.09. The van der Waals surface area contributed by atoms with E-state index < -0.39 is 0 Å². The maximum absolute atomic E-state index is 2.44. The molecule has 2 aliphatic rings. The molecule has 0 aromatic rings. The summed E-state index contributed by atoms with van der Waals surface area (Å²) >= 11 is 0. The average Bonchev–Trinajstić information content (AvgIpc) is 2.21. The highest BCUT2D eigenvalue weighted by Crippen LogP contribution is 2.36. The van der Waals surface area contributed by atoms with Crippen LogP contribution >= 0.6 is 0 Å². The molecule has 0 bridgehead atoms. The molecule has 1 atom stereocenters. The molecule has 14 heavy (non-hydrogen) atoms. The van der Waals surface area contributed by atoms with Gasteiger partial charge in [0.2, 0.25) is 0 Å². The predicted molar refractivity (Wildman–Crippen MR) is 64.4 cm³/mol. The van der Waals surface area contributed by atoms with E-state index in [9.17, 15) is 0 Å². The summed E-state index contributed by atoms with van der Waals surface area (Å²) in [6.45, 7) is 8.65. The Kier molecular flexibility index (Phi) is 4.44. The number of hydrogen-bond donors (Lipinski definition) is 0. The van der Waals surface area contributed by atoms with Gasteiger partial charge in [0, 0.05) is 0 Å². The van der Waals surface area contributed by atoms with Gasteiger partial charge in [-0.05, 0) is 50.5 Å². The second kappa shape index (κ2) is 5.38. The van der Waals surface area contributed by atoms with Crippen molar-refractivity contribution in [3.05, 3.63) is 22.8 Å². The summed E-state index contributed by atoms with van der Waals surface area (Å²) in [5.74, 6) is 0.940. The van der Waals surface area contributed by atoms with E-state index in [0.717, 1.165) is 5.92 Å². The zero-order valence-corrected chi connectivity index (χ0v) is 10.2. The molecule has 0 aromatic heterocycles. The van der Waals surface area contributed by atoms with Crippen molar-refractivity contribution >= 4 is 0 Å². The number of allylic oxidation sites excluding steroid dienone is 4. The van der Waals surface area contributed by atoms with Crippen LogP contribution in [0.5, 0.6) is 0 Å². The summed E-state index contributed by atoms with van der Waals surface area (Å²) in [7, 11) is 0. The van der Waals surface area contributed by atoms with Crippen molar-refractivity contribution in [2.45, 2.75) is 59.8 Å². The van der Waals surface area contributed by atoms with Crippen molar-refractivity contribution in [3.63, 3.8) is 0 Å². The first-order chi connectivity index (χ1) is 6.75. The van der Waals surface area contributed by atoms with Crippen LogP contribution in [0.2, 0.25) is 0 Å². The van der Waals surface area contributed by atoms with Crippen molar-refractivity contribution in [2.75, 3.05) is 0 Å². The Balaban J connectivity index is 0.000000461. The van der Waals surface area contributed by atoms with E-state index >= 15 is 0 Å². The lowest BCUT2D eigenvalue weighted by Gasteiger charge is -2.26. The Hall–Kier alpha value is -0.520. The van der Waals surface area contributed by atoms with E-state index in [2.05, 4.69) is 19.9 Å². The molecule has 0 saturated heterocycles. The molecule has 0 radical (unpaired) electrons. The Morgan fingerprint density at radius 1 is 1.14 bits per heavy atom. The summed E-state index contributed by atoms with van der Waals surface area (Å²) in [5, 5.41) is 0. The van der Waals surface area contributed by atoms with Crippen LogP contribution in [0, 0.1) is 5.92 Å². The summed E-state index contributed by atoms with van der Waals surface area (Å²) < 4.78 is 0. The highest BCUT2D eigenvalue weighted by molar-refractivity contribution is 5.34. The fraction of sp³-hybridized carbons (Fsp3) is 0.714. The van der Waals surface area contributed by atoms with Crippen molar-refractivity contribution < 1.29 is 0 Å². The van der Waals surface area contributed by atoms with Crippen LogP contribution in [0.1, 0.15) is 59.8 Å². The van der Waals surface area contributed by atoms with Gasteiger partial charge in [0.1, 0.15) is 0 Å². The van der Waals surface area contributed by atoms with Crippen molar-refractivity contribution in [1.82, 2.24) is 0 Å². The monoisotopic (exact) mass is 192 g/mol. The molecule has 0 heterocycles. The van der Waals surface area contributed by atoms with Gasteiger partial charge >= 0.3 is 0 Å².